The van der Waals surface area contributed by atoms with Gasteiger partial charge in [0.05, 0.1) is 24.2 Å². The van der Waals surface area contributed by atoms with E-state index in [4.69, 9.17) is 4.74 Å². The van der Waals surface area contributed by atoms with Gasteiger partial charge in [0.15, 0.2) is 0 Å². The summed E-state index contributed by atoms with van der Waals surface area (Å²) in [6.45, 7) is 1.92. The lowest BCUT2D eigenvalue weighted by Gasteiger charge is -2.12. The smallest absolute Gasteiger partial charge is 0.251 e. The largest absolute Gasteiger partial charge is 0.495 e. The van der Waals surface area contributed by atoms with Gasteiger partial charge in [-0.15, -0.1) is 11.3 Å². The van der Waals surface area contributed by atoms with Gasteiger partial charge in [-0.1, -0.05) is 12.1 Å². The second-order valence-corrected chi connectivity index (χ2v) is 9.99. The second-order valence-electron chi connectivity index (χ2n) is 7.19. The number of aryl methyl sites for hydroxylation is 1. The summed E-state index contributed by atoms with van der Waals surface area (Å²) < 4.78 is 32.6. The third kappa shape index (κ3) is 6.88. The standard InChI is InChI=1S/C23H25N3O5S2/c1-16-5-10-21(31-2)20(14-16)26-22(27)15-24-23(28)17-6-8-19(9-7-17)33(29,30)25-12-11-18-4-3-13-32-18/h3-10,13-14,25H,11-12,15H2,1-2H3,(H,24,28)(H,26,27). The fourth-order valence-electron chi connectivity index (χ4n) is 3.01. The summed E-state index contributed by atoms with van der Waals surface area (Å²) in [5.41, 5.74) is 1.71. The molecule has 0 saturated carbocycles. The van der Waals surface area contributed by atoms with E-state index in [-0.39, 0.29) is 23.5 Å². The first-order valence-electron chi connectivity index (χ1n) is 10.1. The maximum atomic E-state index is 12.4. The van der Waals surface area contributed by atoms with Crippen LogP contribution in [0.1, 0.15) is 20.8 Å². The number of thiophene rings is 1. The number of methoxy groups -OCH3 is 1. The van der Waals surface area contributed by atoms with Crippen LogP contribution < -0.4 is 20.1 Å². The zero-order valence-electron chi connectivity index (χ0n) is 18.3. The van der Waals surface area contributed by atoms with Gasteiger partial charge in [0.25, 0.3) is 5.91 Å². The molecule has 0 fully saturated rings. The number of anilines is 1. The van der Waals surface area contributed by atoms with Crippen LogP contribution in [0.25, 0.3) is 0 Å². The molecule has 33 heavy (non-hydrogen) atoms. The van der Waals surface area contributed by atoms with Gasteiger partial charge in [-0.3, -0.25) is 9.59 Å². The van der Waals surface area contributed by atoms with E-state index in [1.807, 2.05) is 30.5 Å². The van der Waals surface area contributed by atoms with Crippen molar-refractivity contribution in [3.05, 3.63) is 76.0 Å². The summed E-state index contributed by atoms with van der Waals surface area (Å²) >= 11 is 1.57. The molecule has 1 aromatic heterocycles. The molecule has 3 rings (SSSR count). The Morgan fingerprint density at radius 1 is 1.06 bits per heavy atom. The summed E-state index contributed by atoms with van der Waals surface area (Å²) in [7, 11) is -2.17. The Hall–Kier alpha value is -3.21. The van der Waals surface area contributed by atoms with Crippen LogP contribution in [0.5, 0.6) is 5.75 Å². The molecule has 3 N–H and O–H groups in total. The molecule has 0 aliphatic carbocycles. The molecule has 0 spiro atoms. The number of carbonyl (C=O) groups excluding carboxylic acids is 2. The van der Waals surface area contributed by atoms with Crippen LogP contribution in [0.15, 0.2) is 64.9 Å². The number of sulfonamides is 1. The van der Waals surface area contributed by atoms with Crippen LogP contribution in [0.3, 0.4) is 0 Å². The lowest BCUT2D eigenvalue weighted by molar-refractivity contribution is -0.115. The number of amides is 2. The molecule has 0 unspecified atom stereocenters. The van der Waals surface area contributed by atoms with Crippen LogP contribution in [0, 0.1) is 6.92 Å². The van der Waals surface area contributed by atoms with E-state index >= 15 is 0 Å². The van der Waals surface area contributed by atoms with Gasteiger partial charge >= 0.3 is 0 Å². The Morgan fingerprint density at radius 3 is 2.48 bits per heavy atom. The number of benzene rings is 2. The van der Waals surface area contributed by atoms with E-state index < -0.39 is 21.8 Å². The summed E-state index contributed by atoms with van der Waals surface area (Å²) in [6.07, 6.45) is 0.605. The van der Waals surface area contributed by atoms with Crippen LogP contribution in [-0.2, 0) is 21.2 Å². The molecule has 174 valence electrons. The molecule has 2 amide bonds. The van der Waals surface area contributed by atoms with Crippen molar-refractivity contribution in [2.75, 3.05) is 25.5 Å². The van der Waals surface area contributed by atoms with Gasteiger partial charge in [-0.2, -0.15) is 0 Å². The van der Waals surface area contributed by atoms with Gasteiger partial charge in [0.1, 0.15) is 5.75 Å². The molecule has 0 aliphatic heterocycles. The first-order valence-corrected chi connectivity index (χ1v) is 12.5. The first kappa shape index (κ1) is 24.4. The Bertz CT molecular complexity index is 1210. The molecule has 0 bridgehead atoms. The van der Waals surface area contributed by atoms with Crippen molar-refractivity contribution in [3.63, 3.8) is 0 Å². The number of hydrogen-bond donors (Lipinski definition) is 3. The second kappa shape index (κ2) is 11.1. The average Bonchev–Trinajstić information content (AvgIpc) is 3.31. The Labute approximate surface area is 197 Å². The Kier molecular flexibility index (Phi) is 8.21. The van der Waals surface area contributed by atoms with Crippen molar-refractivity contribution in [2.24, 2.45) is 0 Å². The predicted molar refractivity (Wildman–Crippen MR) is 128 cm³/mol. The Balaban J connectivity index is 1.52. The van der Waals surface area contributed by atoms with E-state index in [0.29, 0.717) is 17.9 Å². The van der Waals surface area contributed by atoms with Gasteiger partial charge in [-0.05, 0) is 66.8 Å². The van der Waals surface area contributed by atoms with Crippen LogP contribution >= 0.6 is 11.3 Å². The number of carbonyl (C=O) groups is 2. The topological polar surface area (TPSA) is 114 Å². The lowest BCUT2D eigenvalue weighted by Crippen LogP contribution is -2.33. The summed E-state index contributed by atoms with van der Waals surface area (Å²) in [5, 5.41) is 7.17. The maximum absolute atomic E-state index is 12.4. The normalized spacial score (nSPS) is 11.1. The van der Waals surface area contributed by atoms with E-state index in [1.54, 1.807) is 23.5 Å². The van der Waals surface area contributed by atoms with Crippen LogP contribution in [-0.4, -0.2) is 40.4 Å². The van der Waals surface area contributed by atoms with Crippen molar-refractivity contribution in [2.45, 2.75) is 18.2 Å². The highest BCUT2D eigenvalue weighted by Gasteiger charge is 2.15. The minimum Gasteiger partial charge on any atom is -0.495 e. The van der Waals surface area contributed by atoms with Crippen molar-refractivity contribution in [1.29, 1.82) is 0 Å². The molecule has 8 nitrogen and oxygen atoms in total. The molecule has 3 aromatic rings. The third-order valence-electron chi connectivity index (χ3n) is 4.71. The van der Waals surface area contributed by atoms with Gasteiger partial charge in [-0.25, -0.2) is 13.1 Å². The van der Waals surface area contributed by atoms with Gasteiger partial charge < -0.3 is 15.4 Å². The molecule has 0 atom stereocenters. The summed E-state index contributed by atoms with van der Waals surface area (Å²) in [4.78, 5) is 25.8. The Morgan fingerprint density at radius 2 is 1.82 bits per heavy atom. The molecular weight excluding hydrogens is 462 g/mol. The summed E-state index contributed by atoms with van der Waals surface area (Å²) in [6, 6.07) is 14.8. The molecule has 1 heterocycles. The predicted octanol–water partition coefficient (Wildman–Crippen LogP) is 2.95. The first-order chi connectivity index (χ1) is 15.8. The fraction of sp³-hybridized carbons (Fsp3) is 0.217. The maximum Gasteiger partial charge on any atom is 0.251 e. The number of nitrogens with one attached hydrogen (secondary N) is 3. The quantitative estimate of drug-likeness (QED) is 0.407. The van der Waals surface area contributed by atoms with Crippen molar-refractivity contribution in [1.82, 2.24) is 10.0 Å². The van der Waals surface area contributed by atoms with Crippen LogP contribution in [0.4, 0.5) is 5.69 Å². The van der Waals surface area contributed by atoms with E-state index in [2.05, 4.69) is 15.4 Å². The van der Waals surface area contributed by atoms with Gasteiger partial charge in [0, 0.05) is 17.0 Å². The van der Waals surface area contributed by atoms with E-state index in [9.17, 15) is 18.0 Å². The highest BCUT2D eigenvalue weighted by molar-refractivity contribution is 7.89. The van der Waals surface area contributed by atoms with Crippen molar-refractivity contribution in [3.8, 4) is 5.75 Å². The zero-order chi connectivity index (χ0) is 23.8. The third-order valence-corrected chi connectivity index (χ3v) is 7.12. The van der Waals surface area contributed by atoms with Gasteiger partial charge in [0.2, 0.25) is 15.9 Å². The fourth-order valence-corrected chi connectivity index (χ4v) is 4.75. The molecule has 0 radical (unpaired) electrons. The highest BCUT2D eigenvalue weighted by atomic mass is 32.2. The lowest BCUT2D eigenvalue weighted by atomic mass is 10.2. The van der Waals surface area contributed by atoms with Crippen molar-refractivity contribution >= 4 is 38.9 Å². The zero-order valence-corrected chi connectivity index (χ0v) is 19.9. The minimum atomic E-state index is -3.68. The molecule has 0 saturated heterocycles. The average molecular weight is 488 g/mol. The minimum absolute atomic E-state index is 0.0644. The summed E-state index contributed by atoms with van der Waals surface area (Å²) in [5.74, 6) is -0.390. The number of rotatable bonds is 10. The molecule has 2 aromatic carbocycles. The molecular formula is C23H25N3O5S2. The molecule has 10 heteroatoms. The number of hydrogen-bond acceptors (Lipinski definition) is 6. The van der Waals surface area contributed by atoms with E-state index in [0.717, 1.165) is 10.4 Å². The van der Waals surface area contributed by atoms with E-state index in [1.165, 1.54) is 31.4 Å². The molecule has 0 aliphatic rings. The van der Waals surface area contributed by atoms with Crippen molar-refractivity contribution < 1.29 is 22.7 Å². The van der Waals surface area contributed by atoms with Crippen LogP contribution in [0.2, 0.25) is 0 Å². The highest BCUT2D eigenvalue weighted by Crippen LogP contribution is 2.25. The number of ether oxygens (including phenoxy) is 1. The monoisotopic (exact) mass is 487 g/mol. The SMILES string of the molecule is COc1ccc(C)cc1NC(=O)CNC(=O)c1ccc(S(=O)(=O)NCCc2cccs2)cc1.